The summed E-state index contributed by atoms with van der Waals surface area (Å²) in [5, 5.41) is 17.0. The number of carbonyl (C=O) groups excluding carboxylic acids is 3. The van der Waals surface area contributed by atoms with Gasteiger partial charge in [0.15, 0.2) is 0 Å². The van der Waals surface area contributed by atoms with Gasteiger partial charge >= 0.3 is 5.97 Å². The zero-order chi connectivity index (χ0) is 29.9. The lowest BCUT2D eigenvalue weighted by Crippen LogP contribution is -2.53. The van der Waals surface area contributed by atoms with Crippen molar-refractivity contribution in [1.82, 2.24) is 25.4 Å². The Morgan fingerprint density at radius 3 is 2.41 bits per heavy atom. The van der Waals surface area contributed by atoms with Gasteiger partial charge < -0.3 is 25.2 Å². The van der Waals surface area contributed by atoms with Gasteiger partial charge in [0.2, 0.25) is 17.7 Å². The number of aliphatic carboxylic acids is 1. The Hall–Kier alpha value is -3.40. The average Bonchev–Trinajstić information content (AvgIpc) is 3.55. The van der Waals surface area contributed by atoms with Crippen LogP contribution in [-0.2, 0) is 25.6 Å². The van der Waals surface area contributed by atoms with E-state index in [-0.39, 0.29) is 49.6 Å². The Bertz CT molecular complexity index is 1170. The van der Waals surface area contributed by atoms with Gasteiger partial charge in [-0.15, -0.1) is 0 Å². The number of carboxylic acids is 1. The Labute approximate surface area is 243 Å². The molecule has 3 rings (SSSR count). The van der Waals surface area contributed by atoms with E-state index in [0.29, 0.717) is 19.5 Å². The molecule has 3 atom stereocenters. The number of aromatic amines is 1. The summed E-state index contributed by atoms with van der Waals surface area (Å²) in [7, 11) is 0. The highest BCUT2D eigenvalue weighted by Gasteiger charge is 2.42. The number of carboxylic acid groups (broad SMARTS) is 1. The SMILES string of the molecule is CCCCN(CCCC)C(=O)CNC(CC(C)C)C(=O)N1C[C@H](NC(=O)Cc2c[nH]c3ccccc23)C[C@@H]1C(=O)O. The molecule has 10 nitrogen and oxygen atoms in total. The number of hydrogen-bond donors (Lipinski definition) is 4. The Balaban J connectivity index is 1.65. The van der Waals surface area contributed by atoms with Crippen molar-refractivity contribution in [3.63, 3.8) is 0 Å². The fourth-order valence-corrected chi connectivity index (χ4v) is 5.47. The number of nitrogens with one attached hydrogen (secondary N) is 3. The van der Waals surface area contributed by atoms with Crippen LogP contribution in [0.1, 0.15) is 71.8 Å². The van der Waals surface area contributed by atoms with Crippen LogP contribution in [0.15, 0.2) is 30.5 Å². The van der Waals surface area contributed by atoms with E-state index < -0.39 is 24.1 Å². The second kappa shape index (κ2) is 15.6. The molecule has 4 N–H and O–H groups in total. The van der Waals surface area contributed by atoms with E-state index in [9.17, 15) is 24.3 Å². The number of carbonyl (C=O) groups is 4. The normalized spacial score (nSPS) is 17.6. The first-order valence-corrected chi connectivity index (χ1v) is 15.0. The molecule has 1 aromatic heterocycles. The van der Waals surface area contributed by atoms with Gasteiger partial charge in [-0.25, -0.2) is 4.79 Å². The molecule has 10 heteroatoms. The van der Waals surface area contributed by atoms with Gasteiger partial charge in [-0.05, 0) is 36.8 Å². The van der Waals surface area contributed by atoms with Crippen LogP contribution in [0.2, 0.25) is 0 Å². The van der Waals surface area contributed by atoms with Crippen molar-refractivity contribution in [2.75, 3.05) is 26.2 Å². The maximum atomic E-state index is 13.7. The number of para-hydroxylation sites is 1. The van der Waals surface area contributed by atoms with Crippen molar-refractivity contribution in [2.45, 2.75) is 90.8 Å². The summed E-state index contributed by atoms with van der Waals surface area (Å²) in [6, 6.07) is 5.52. The van der Waals surface area contributed by atoms with Gasteiger partial charge in [-0.1, -0.05) is 58.7 Å². The summed E-state index contributed by atoms with van der Waals surface area (Å²) in [5.74, 6) is -1.57. The van der Waals surface area contributed by atoms with Crippen LogP contribution in [0.4, 0.5) is 0 Å². The molecule has 0 bridgehead atoms. The van der Waals surface area contributed by atoms with Gasteiger partial charge in [0, 0.05) is 49.2 Å². The van der Waals surface area contributed by atoms with Crippen molar-refractivity contribution in [3.8, 4) is 0 Å². The molecule has 0 spiro atoms. The minimum atomic E-state index is -1.10. The number of hydrogen-bond acceptors (Lipinski definition) is 5. The van der Waals surface area contributed by atoms with Crippen LogP contribution in [-0.4, -0.2) is 87.9 Å². The van der Waals surface area contributed by atoms with Crippen LogP contribution in [0.25, 0.3) is 10.9 Å². The largest absolute Gasteiger partial charge is 0.480 e. The number of likely N-dealkylation sites (tertiary alicyclic amines) is 1. The van der Waals surface area contributed by atoms with Gasteiger partial charge in [0.05, 0.1) is 19.0 Å². The Morgan fingerprint density at radius 1 is 1.10 bits per heavy atom. The smallest absolute Gasteiger partial charge is 0.326 e. The maximum absolute atomic E-state index is 13.7. The zero-order valence-electron chi connectivity index (χ0n) is 24.9. The summed E-state index contributed by atoms with van der Waals surface area (Å²) in [6.07, 6.45) is 6.39. The second-order valence-corrected chi connectivity index (χ2v) is 11.5. The second-order valence-electron chi connectivity index (χ2n) is 11.5. The van der Waals surface area contributed by atoms with E-state index in [1.165, 1.54) is 4.90 Å². The minimum absolute atomic E-state index is 0.0208. The fourth-order valence-electron chi connectivity index (χ4n) is 5.47. The van der Waals surface area contributed by atoms with Gasteiger partial charge in [0.1, 0.15) is 6.04 Å². The lowest BCUT2D eigenvalue weighted by molar-refractivity contribution is -0.149. The lowest BCUT2D eigenvalue weighted by Gasteiger charge is -2.29. The van der Waals surface area contributed by atoms with Crippen molar-refractivity contribution in [3.05, 3.63) is 36.0 Å². The van der Waals surface area contributed by atoms with E-state index in [4.69, 9.17) is 0 Å². The van der Waals surface area contributed by atoms with Crippen LogP contribution in [0.5, 0.6) is 0 Å². The third-order valence-corrected chi connectivity index (χ3v) is 7.68. The lowest BCUT2D eigenvalue weighted by atomic mass is 10.0. The molecule has 1 fully saturated rings. The van der Waals surface area contributed by atoms with E-state index in [0.717, 1.165) is 42.1 Å². The molecular weight excluding hydrogens is 522 g/mol. The number of nitrogens with zero attached hydrogens (tertiary/aromatic N) is 2. The summed E-state index contributed by atoms with van der Waals surface area (Å²) in [4.78, 5) is 58.2. The van der Waals surface area contributed by atoms with Crippen molar-refractivity contribution in [2.24, 2.45) is 5.92 Å². The number of H-pyrrole nitrogens is 1. The molecule has 1 aliphatic heterocycles. The topological polar surface area (TPSA) is 135 Å². The van der Waals surface area contributed by atoms with Gasteiger partial charge in [-0.2, -0.15) is 0 Å². The highest BCUT2D eigenvalue weighted by atomic mass is 16.4. The van der Waals surface area contributed by atoms with Gasteiger partial charge in [-0.3, -0.25) is 19.7 Å². The standard InChI is InChI=1S/C31H47N5O5/c1-5-7-13-35(14-8-6-2)29(38)19-33-26(15-21(3)4)30(39)36-20-23(17-27(36)31(40)41)34-28(37)16-22-18-32-25-12-10-9-11-24(22)25/h9-12,18,21,23,26-27,32-33H,5-8,13-17,19-20H2,1-4H3,(H,34,37)(H,40,41)/t23-,26?,27-/m1/s1. The summed E-state index contributed by atoms with van der Waals surface area (Å²) in [5.41, 5.74) is 1.80. The molecule has 1 saturated heterocycles. The first-order valence-electron chi connectivity index (χ1n) is 15.0. The molecule has 3 amide bonds. The first-order chi connectivity index (χ1) is 19.6. The molecule has 2 aromatic rings. The molecule has 41 heavy (non-hydrogen) atoms. The first kappa shape index (κ1) is 32.1. The molecule has 0 radical (unpaired) electrons. The summed E-state index contributed by atoms with van der Waals surface area (Å²) in [6.45, 7) is 9.66. The number of fused-ring (bicyclic) bond motifs is 1. The van der Waals surface area contributed by atoms with E-state index in [2.05, 4.69) is 29.5 Å². The summed E-state index contributed by atoms with van der Waals surface area (Å²) < 4.78 is 0. The van der Waals surface area contributed by atoms with Crippen LogP contribution in [0.3, 0.4) is 0 Å². The number of aromatic nitrogens is 1. The number of amides is 3. The van der Waals surface area contributed by atoms with Crippen LogP contribution in [0, 0.1) is 5.92 Å². The maximum Gasteiger partial charge on any atom is 0.326 e. The zero-order valence-corrected chi connectivity index (χ0v) is 24.9. The molecule has 1 aromatic carbocycles. The minimum Gasteiger partial charge on any atom is -0.480 e. The average molecular weight is 570 g/mol. The highest BCUT2D eigenvalue weighted by Crippen LogP contribution is 2.22. The van der Waals surface area contributed by atoms with Crippen molar-refractivity contribution < 1.29 is 24.3 Å². The summed E-state index contributed by atoms with van der Waals surface area (Å²) >= 11 is 0. The third-order valence-electron chi connectivity index (χ3n) is 7.68. The predicted octanol–water partition coefficient (Wildman–Crippen LogP) is 3.31. The molecule has 1 aliphatic rings. The van der Waals surface area contributed by atoms with Crippen LogP contribution >= 0.6 is 0 Å². The highest BCUT2D eigenvalue weighted by molar-refractivity contribution is 5.90. The van der Waals surface area contributed by atoms with Crippen molar-refractivity contribution >= 4 is 34.6 Å². The quantitative estimate of drug-likeness (QED) is 0.245. The van der Waals surface area contributed by atoms with Crippen LogP contribution < -0.4 is 10.6 Å². The number of benzene rings is 1. The fraction of sp³-hybridized carbons (Fsp3) is 0.613. The Morgan fingerprint density at radius 2 is 1.78 bits per heavy atom. The van der Waals surface area contributed by atoms with E-state index in [1.807, 2.05) is 49.2 Å². The monoisotopic (exact) mass is 569 g/mol. The third kappa shape index (κ3) is 9.05. The molecule has 0 saturated carbocycles. The number of rotatable bonds is 16. The molecule has 1 unspecified atom stereocenters. The van der Waals surface area contributed by atoms with E-state index in [1.54, 1.807) is 0 Å². The van der Waals surface area contributed by atoms with E-state index >= 15 is 0 Å². The van der Waals surface area contributed by atoms with Gasteiger partial charge in [0.25, 0.3) is 0 Å². The number of unbranched alkanes of at least 4 members (excludes halogenated alkanes) is 2. The molecular formula is C31H47N5O5. The Kier molecular flexibility index (Phi) is 12.2. The molecule has 2 heterocycles. The predicted molar refractivity (Wildman–Crippen MR) is 159 cm³/mol. The molecule has 226 valence electrons. The molecule has 0 aliphatic carbocycles. The van der Waals surface area contributed by atoms with Crippen molar-refractivity contribution in [1.29, 1.82) is 0 Å².